The Morgan fingerprint density at radius 1 is 1.07 bits per heavy atom. The molecule has 152 valence electrons. The number of nitro groups is 1. The standard InChI is InChI=1S/C22H18FN3O4/c1-14-3-10-19(24-22(27)17-4-8-18(23)9-5-17)13-21(14)25(28)15(2)16-6-11-20(12-7-16)26(29)30/h3-13,28H,2H2,1H3,(H,24,27). The maximum Gasteiger partial charge on any atom is 0.269 e. The molecule has 0 aliphatic carbocycles. The van der Waals surface area contributed by atoms with Gasteiger partial charge >= 0.3 is 0 Å². The van der Waals surface area contributed by atoms with Crippen LogP contribution in [0.4, 0.5) is 21.5 Å². The van der Waals surface area contributed by atoms with Crippen LogP contribution in [0.15, 0.2) is 73.3 Å². The van der Waals surface area contributed by atoms with E-state index in [2.05, 4.69) is 11.9 Å². The normalized spacial score (nSPS) is 10.4. The molecule has 8 heteroatoms. The van der Waals surface area contributed by atoms with Crippen molar-refractivity contribution in [2.45, 2.75) is 6.92 Å². The Bertz CT molecular complexity index is 1110. The Morgan fingerprint density at radius 2 is 1.67 bits per heavy atom. The van der Waals surface area contributed by atoms with E-state index in [1.54, 1.807) is 25.1 Å². The molecule has 0 heterocycles. The summed E-state index contributed by atoms with van der Waals surface area (Å²) in [6.07, 6.45) is 0. The van der Waals surface area contributed by atoms with E-state index in [1.807, 2.05) is 0 Å². The number of rotatable bonds is 6. The van der Waals surface area contributed by atoms with Gasteiger partial charge in [0.25, 0.3) is 11.6 Å². The molecule has 2 N–H and O–H groups in total. The number of aryl methyl sites for hydroxylation is 1. The molecule has 0 spiro atoms. The molecule has 0 bridgehead atoms. The molecule has 1 amide bonds. The van der Waals surface area contributed by atoms with E-state index < -0.39 is 16.6 Å². The van der Waals surface area contributed by atoms with E-state index in [4.69, 9.17) is 0 Å². The molecule has 3 rings (SSSR count). The predicted octanol–water partition coefficient (Wildman–Crippen LogP) is 5.16. The van der Waals surface area contributed by atoms with Gasteiger partial charge in [-0.25, -0.2) is 9.45 Å². The molecule has 0 fully saturated rings. The van der Waals surface area contributed by atoms with Crippen LogP contribution >= 0.6 is 0 Å². The first-order valence-corrected chi connectivity index (χ1v) is 8.86. The molecule has 30 heavy (non-hydrogen) atoms. The molecule has 0 radical (unpaired) electrons. The maximum atomic E-state index is 13.0. The monoisotopic (exact) mass is 407 g/mol. The van der Waals surface area contributed by atoms with Gasteiger partial charge in [0.15, 0.2) is 0 Å². The quantitative estimate of drug-likeness (QED) is 0.435. The summed E-state index contributed by atoms with van der Waals surface area (Å²) < 4.78 is 13.0. The number of hydrogen-bond donors (Lipinski definition) is 2. The van der Waals surface area contributed by atoms with Gasteiger partial charge in [-0.05, 0) is 61.0 Å². The van der Waals surface area contributed by atoms with E-state index in [-0.39, 0.29) is 16.9 Å². The topological polar surface area (TPSA) is 95.7 Å². The van der Waals surface area contributed by atoms with Gasteiger partial charge in [0.1, 0.15) is 5.82 Å². The van der Waals surface area contributed by atoms with Gasteiger partial charge in [-0.2, -0.15) is 0 Å². The van der Waals surface area contributed by atoms with Crippen molar-refractivity contribution in [1.82, 2.24) is 0 Å². The summed E-state index contributed by atoms with van der Waals surface area (Å²) in [4.78, 5) is 22.6. The first-order chi connectivity index (χ1) is 14.3. The second kappa shape index (κ2) is 8.54. The Labute approximate surface area is 171 Å². The maximum absolute atomic E-state index is 13.0. The minimum absolute atomic E-state index is 0.0716. The molecule has 3 aromatic carbocycles. The van der Waals surface area contributed by atoms with E-state index in [0.717, 1.165) is 5.06 Å². The zero-order valence-electron chi connectivity index (χ0n) is 16.0. The summed E-state index contributed by atoms with van der Waals surface area (Å²) in [6, 6.07) is 15.7. The largest absolute Gasteiger partial charge is 0.322 e. The van der Waals surface area contributed by atoms with Gasteiger partial charge in [-0.3, -0.25) is 20.1 Å². The van der Waals surface area contributed by atoms with Crippen molar-refractivity contribution in [3.8, 4) is 0 Å². The van der Waals surface area contributed by atoms with Gasteiger partial charge in [-0.15, -0.1) is 0 Å². The fourth-order valence-corrected chi connectivity index (χ4v) is 2.76. The van der Waals surface area contributed by atoms with Gasteiger partial charge < -0.3 is 5.32 Å². The molecular weight excluding hydrogens is 389 g/mol. The lowest BCUT2D eigenvalue weighted by atomic mass is 10.1. The molecular formula is C22H18FN3O4. The van der Waals surface area contributed by atoms with Crippen molar-refractivity contribution in [1.29, 1.82) is 0 Å². The van der Waals surface area contributed by atoms with Crippen LogP contribution in [0.3, 0.4) is 0 Å². The number of hydrogen-bond acceptors (Lipinski definition) is 5. The average molecular weight is 407 g/mol. The first-order valence-electron chi connectivity index (χ1n) is 8.86. The van der Waals surface area contributed by atoms with Crippen molar-refractivity contribution in [3.05, 3.63) is 106 Å². The van der Waals surface area contributed by atoms with E-state index in [1.165, 1.54) is 48.5 Å². The van der Waals surface area contributed by atoms with Gasteiger partial charge in [-0.1, -0.05) is 12.6 Å². The molecule has 0 atom stereocenters. The number of nitrogens with one attached hydrogen (secondary N) is 1. The number of nitrogens with zero attached hydrogens (tertiary/aromatic N) is 2. The number of benzene rings is 3. The smallest absolute Gasteiger partial charge is 0.269 e. The summed E-state index contributed by atoms with van der Waals surface area (Å²) >= 11 is 0. The summed E-state index contributed by atoms with van der Waals surface area (Å²) in [7, 11) is 0. The van der Waals surface area contributed by atoms with Gasteiger partial charge in [0.2, 0.25) is 0 Å². The van der Waals surface area contributed by atoms with E-state index in [0.29, 0.717) is 22.5 Å². The summed E-state index contributed by atoms with van der Waals surface area (Å²) in [5.74, 6) is -0.867. The molecule has 0 aliphatic heterocycles. The highest BCUT2D eigenvalue weighted by Crippen LogP contribution is 2.30. The lowest BCUT2D eigenvalue weighted by Gasteiger charge is -2.22. The highest BCUT2D eigenvalue weighted by Gasteiger charge is 2.15. The van der Waals surface area contributed by atoms with Crippen LogP contribution < -0.4 is 10.4 Å². The third-order valence-electron chi connectivity index (χ3n) is 4.47. The average Bonchev–Trinajstić information content (AvgIpc) is 2.74. The highest BCUT2D eigenvalue weighted by atomic mass is 19.1. The van der Waals surface area contributed by atoms with Crippen molar-refractivity contribution in [2.75, 3.05) is 10.4 Å². The minimum Gasteiger partial charge on any atom is -0.322 e. The zero-order valence-corrected chi connectivity index (χ0v) is 16.0. The SMILES string of the molecule is C=C(c1ccc([N+](=O)[O-])cc1)N(O)c1cc(NC(=O)c2ccc(F)cc2)ccc1C. The number of amides is 1. The first kappa shape index (κ1) is 20.7. The minimum atomic E-state index is -0.513. The van der Waals surface area contributed by atoms with Crippen LogP contribution in [0, 0.1) is 22.9 Å². The summed E-state index contributed by atoms with van der Waals surface area (Å²) in [5, 5.41) is 25.0. The van der Waals surface area contributed by atoms with Crippen LogP contribution in [-0.2, 0) is 0 Å². The fourth-order valence-electron chi connectivity index (χ4n) is 2.76. The zero-order chi connectivity index (χ0) is 21.8. The van der Waals surface area contributed by atoms with Gasteiger partial charge in [0.05, 0.1) is 16.3 Å². The number of non-ortho nitro benzene ring substituents is 1. The fraction of sp³-hybridized carbons (Fsp3) is 0.0455. The number of hydroxylamine groups is 1. The van der Waals surface area contributed by atoms with Crippen LogP contribution in [0.25, 0.3) is 5.70 Å². The molecule has 0 unspecified atom stereocenters. The number of carbonyl (C=O) groups excluding carboxylic acids is 1. The van der Waals surface area contributed by atoms with Crippen LogP contribution in [0.1, 0.15) is 21.5 Å². The van der Waals surface area contributed by atoms with E-state index in [9.17, 15) is 24.5 Å². The van der Waals surface area contributed by atoms with Crippen molar-refractivity contribution in [2.24, 2.45) is 0 Å². The third kappa shape index (κ3) is 4.50. The molecule has 0 aromatic heterocycles. The molecule has 0 aliphatic rings. The highest BCUT2D eigenvalue weighted by molar-refractivity contribution is 6.04. The number of nitro benzene ring substituents is 1. The molecule has 7 nitrogen and oxygen atoms in total. The molecule has 0 saturated heterocycles. The Morgan fingerprint density at radius 3 is 2.27 bits per heavy atom. The van der Waals surface area contributed by atoms with Crippen molar-refractivity contribution in [3.63, 3.8) is 0 Å². The predicted molar refractivity (Wildman–Crippen MR) is 112 cm³/mol. The number of halogens is 1. The second-order valence-electron chi connectivity index (χ2n) is 6.52. The van der Waals surface area contributed by atoms with Crippen LogP contribution in [0.5, 0.6) is 0 Å². The van der Waals surface area contributed by atoms with Gasteiger partial charge in [0, 0.05) is 28.9 Å². The molecule has 0 saturated carbocycles. The van der Waals surface area contributed by atoms with Crippen LogP contribution in [0.2, 0.25) is 0 Å². The summed E-state index contributed by atoms with van der Waals surface area (Å²) in [6.45, 7) is 5.62. The summed E-state index contributed by atoms with van der Waals surface area (Å²) in [5.41, 5.74) is 2.40. The Hall–Kier alpha value is -4.04. The Balaban J connectivity index is 1.81. The van der Waals surface area contributed by atoms with Crippen LogP contribution in [-0.4, -0.2) is 16.0 Å². The Kier molecular flexibility index (Phi) is 5.89. The third-order valence-corrected chi connectivity index (χ3v) is 4.47. The lowest BCUT2D eigenvalue weighted by Crippen LogP contribution is -2.18. The number of anilines is 2. The molecule has 3 aromatic rings. The second-order valence-corrected chi connectivity index (χ2v) is 6.52. The van der Waals surface area contributed by atoms with E-state index >= 15 is 0 Å². The number of carbonyl (C=O) groups is 1. The van der Waals surface area contributed by atoms with Crippen molar-refractivity contribution < 1.29 is 19.3 Å². The van der Waals surface area contributed by atoms with Crippen molar-refractivity contribution >= 4 is 28.7 Å². The lowest BCUT2D eigenvalue weighted by molar-refractivity contribution is -0.384.